The summed E-state index contributed by atoms with van der Waals surface area (Å²) < 4.78 is 0. The highest BCUT2D eigenvalue weighted by atomic mass is 16.1. The van der Waals surface area contributed by atoms with Crippen molar-refractivity contribution in [1.82, 2.24) is 0 Å². The van der Waals surface area contributed by atoms with Crippen LogP contribution in [0.25, 0.3) is 0 Å². The molecule has 0 saturated heterocycles. The number of anilines is 2. The van der Waals surface area contributed by atoms with Crippen molar-refractivity contribution in [3.8, 4) is 0 Å². The predicted molar refractivity (Wildman–Crippen MR) is 72.4 cm³/mol. The molecular formula is C13H21N3O. The molecule has 0 aliphatic heterocycles. The SMILES string of the molecule is Cc1cc(N(C)C)ccc1NC(=O)CC(C)N. The molecule has 0 bridgehead atoms. The Morgan fingerprint density at radius 2 is 2.12 bits per heavy atom. The molecule has 1 unspecified atom stereocenters. The molecule has 3 N–H and O–H groups in total. The Hall–Kier alpha value is -1.55. The number of rotatable bonds is 4. The van der Waals surface area contributed by atoms with Crippen molar-refractivity contribution in [3.63, 3.8) is 0 Å². The molecule has 17 heavy (non-hydrogen) atoms. The van der Waals surface area contributed by atoms with E-state index in [-0.39, 0.29) is 11.9 Å². The largest absolute Gasteiger partial charge is 0.378 e. The Morgan fingerprint density at radius 3 is 2.59 bits per heavy atom. The van der Waals surface area contributed by atoms with E-state index in [1.165, 1.54) is 0 Å². The lowest BCUT2D eigenvalue weighted by molar-refractivity contribution is -0.116. The van der Waals surface area contributed by atoms with E-state index in [0.29, 0.717) is 6.42 Å². The highest BCUT2D eigenvalue weighted by Crippen LogP contribution is 2.21. The molecule has 0 aliphatic carbocycles. The van der Waals surface area contributed by atoms with Crippen LogP contribution in [-0.4, -0.2) is 26.0 Å². The van der Waals surface area contributed by atoms with Gasteiger partial charge in [0, 0.05) is 37.9 Å². The maximum absolute atomic E-state index is 11.6. The zero-order valence-electron chi connectivity index (χ0n) is 10.9. The maximum Gasteiger partial charge on any atom is 0.225 e. The summed E-state index contributed by atoms with van der Waals surface area (Å²) in [6.45, 7) is 3.80. The van der Waals surface area contributed by atoms with Gasteiger partial charge in [0.25, 0.3) is 0 Å². The lowest BCUT2D eigenvalue weighted by Crippen LogP contribution is -2.24. The second kappa shape index (κ2) is 5.68. The minimum absolute atomic E-state index is 0.0410. The summed E-state index contributed by atoms with van der Waals surface area (Å²) in [7, 11) is 3.98. The van der Waals surface area contributed by atoms with Gasteiger partial charge in [-0.2, -0.15) is 0 Å². The zero-order chi connectivity index (χ0) is 13.0. The van der Waals surface area contributed by atoms with Crippen LogP contribution in [0.3, 0.4) is 0 Å². The molecule has 94 valence electrons. The van der Waals surface area contributed by atoms with Crippen molar-refractivity contribution < 1.29 is 4.79 Å². The number of nitrogens with two attached hydrogens (primary N) is 1. The van der Waals surface area contributed by atoms with Crippen molar-refractivity contribution >= 4 is 17.3 Å². The second-order valence-corrected chi connectivity index (χ2v) is 4.62. The van der Waals surface area contributed by atoms with Crippen LogP contribution >= 0.6 is 0 Å². The lowest BCUT2D eigenvalue weighted by atomic mass is 10.1. The average Bonchev–Trinajstić information content (AvgIpc) is 2.19. The van der Waals surface area contributed by atoms with Gasteiger partial charge in [0.2, 0.25) is 5.91 Å². The molecule has 0 aliphatic rings. The van der Waals surface area contributed by atoms with Gasteiger partial charge in [-0.15, -0.1) is 0 Å². The number of amides is 1. The molecule has 1 amide bonds. The molecule has 4 heteroatoms. The monoisotopic (exact) mass is 235 g/mol. The first-order valence-electron chi connectivity index (χ1n) is 5.73. The van der Waals surface area contributed by atoms with E-state index in [1.54, 1.807) is 0 Å². The first-order chi connectivity index (χ1) is 7.90. The molecule has 0 fully saturated rings. The third kappa shape index (κ3) is 4.07. The predicted octanol–water partition coefficient (Wildman–Crippen LogP) is 1.74. The van der Waals surface area contributed by atoms with Crippen LogP contribution in [0.4, 0.5) is 11.4 Å². The second-order valence-electron chi connectivity index (χ2n) is 4.62. The van der Waals surface area contributed by atoms with Gasteiger partial charge in [0.15, 0.2) is 0 Å². The summed E-state index contributed by atoms with van der Waals surface area (Å²) in [6.07, 6.45) is 0.342. The summed E-state index contributed by atoms with van der Waals surface area (Å²) in [5.41, 5.74) is 8.60. The van der Waals surface area contributed by atoms with Gasteiger partial charge in [0.1, 0.15) is 0 Å². The quantitative estimate of drug-likeness (QED) is 0.835. The lowest BCUT2D eigenvalue weighted by Gasteiger charge is -2.15. The van der Waals surface area contributed by atoms with Crippen LogP contribution in [0.5, 0.6) is 0 Å². The van der Waals surface area contributed by atoms with Crippen molar-refractivity contribution in [1.29, 1.82) is 0 Å². The van der Waals surface area contributed by atoms with Crippen molar-refractivity contribution in [2.45, 2.75) is 26.3 Å². The number of nitrogens with one attached hydrogen (secondary N) is 1. The van der Waals surface area contributed by atoms with E-state index in [4.69, 9.17) is 5.73 Å². The third-order valence-corrected chi connectivity index (χ3v) is 2.51. The fourth-order valence-corrected chi connectivity index (χ4v) is 1.56. The first-order valence-corrected chi connectivity index (χ1v) is 5.73. The molecule has 1 atom stereocenters. The number of nitrogens with zero attached hydrogens (tertiary/aromatic N) is 1. The van der Waals surface area contributed by atoms with Gasteiger partial charge in [0.05, 0.1) is 0 Å². The fraction of sp³-hybridized carbons (Fsp3) is 0.462. The number of aryl methyl sites for hydroxylation is 1. The maximum atomic E-state index is 11.6. The fourth-order valence-electron chi connectivity index (χ4n) is 1.56. The van der Waals surface area contributed by atoms with Crippen LogP contribution < -0.4 is 16.0 Å². The molecular weight excluding hydrogens is 214 g/mol. The van der Waals surface area contributed by atoms with E-state index in [9.17, 15) is 4.79 Å². The van der Waals surface area contributed by atoms with Crippen molar-refractivity contribution in [2.75, 3.05) is 24.3 Å². The van der Waals surface area contributed by atoms with E-state index in [1.807, 2.05) is 51.0 Å². The standard InChI is InChI=1S/C13H21N3O/c1-9-7-11(16(3)4)5-6-12(9)15-13(17)8-10(2)14/h5-7,10H,8,14H2,1-4H3,(H,15,17). The van der Waals surface area contributed by atoms with Crippen LogP contribution in [0, 0.1) is 6.92 Å². The topological polar surface area (TPSA) is 58.4 Å². The number of benzene rings is 1. The molecule has 1 aromatic rings. The van der Waals surface area contributed by atoms with Gasteiger partial charge in [-0.1, -0.05) is 0 Å². The number of carbonyl (C=O) groups excluding carboxylic acids is 1. The minimum Gasteiger partial charge on any atom is -0.378 e. The third-order valence-electron chi connectivity index (χ3n) is 2.51. The summed E-state index contributed by atoms with van der Waals surface area (Å²) in [5.74, 6) is -0.0410. The number of hydrogen-bond acceptors (Lipinski definition) is 3. The van der Waals surface area contributed by atoms with E-state index in [0.717, 1.165) is 16.9 Å². The Balaban J connectivity index is 2.76. The van der Waals surface area contributed by atoms with Gasteiger partial charge in [-0.25, -0.2) is 0 Å². The average molecular weight is 235 g/mol. The van der Waals surface area contributed by atoms with E-state index in [2.05, 4.69) is 5.32 Å². The molecule has 0 spiro atoms. The van der Waals surface area contributed by atoms with Crippen LogP contribution in [0.15, 0.2) is 18.2 Å². The van der Waals surface area contributed by atoms with Crippen LogP contribution in [0.1, 0.15) is 18.9 Å². The Morgan fingerprint density at radius 1 is 1.47 bits per heavy atom. The van der Waals surface area contributed by atoms with E-state index >= 15 is 0 Å². The molecule has 4 nitrogen and oxygen atoms in total. The van der Waals surface area contributed by atoms with Gasteiger partial charge in [-0.05, 0) is 37.6 Å². The summed E-state index contributed by atoms with van der Waals surface area (Å²) >= 11 is 0. The van der Waals surface area contributed by atoms with Gasteiger partial charge >= 0.3 is 0 Å². The van der Waals surface area contributed by atoms with Crippen molar-refractivity contribution in [2.24, 2.45) is 5.73 Å². The first kappa shape index (κ1) is 13.5. The molecule has 1 aromatic carbocycles. The summed E-state index contributed by atoms with van der Waals surface area (Å²) in [4.78, 5) is 13.6. The zero-order valence-corrected chi connectivity index (χ0v) is 10.9. The van der Waals surface area contributed by atoms with Gasteiger partial charge < -0.3 is 16.0 Å². The smallest absolute Gasteiger partial charge is 0.225 e. The Labute approximate surface area is 103 Å². The highest BCUT2D eigenvalue weighted by molar-refractivity contribution is 5.92. The minimum atomic E-state index is -0.114. The molecule has 0 saturated carbocycles. The van der Waals surface area contributed by atoms with Crippen molar-refractivity contribution in [3.05, 3.63) is 23.8 Å². The Bertz CT molecular complexity index is 400. The molecule has 0 heterocycles. The molecule has 1 rings (SSSR count). The summed E-state index contributed by atoms with van der Waals surface area (Å²) in [5, 5.41) is 2.87. The van der Waals surface area contributed by atoms with E-state index < -0.39 is 0 Å². The van der Waals surface area contributed by atoms with Gasteiger partial charge in [-0.3, -0.25) is 4.79 Å². The number of hydrogen-bond donors (Lipinski definition) is 2. The highest BCUT2D eigenvalue weighted by Gasteiger charge is 2.07. The molecule has 0 radical (unpaired) electrons. The summed E-state index contributed by atoms with van der Waals surface area (Å²) in [6, 6.07) is 5.83. The normalized spacial score (nSPS) is 12.1. The van der Waals surface area contributed by atoms with Crippen LogP contribution in [0.2, 0.25) is 0 Å². The Kier molecular flexibility index (Phi) is 4.52. The molecule has 0 aromatic heterocycles. The van der Waals surface area contributed by atoms with Crippen LogP contribution in [-0.2, 0) is 4.79 Å². The number of carbonyl (C=O) groups is 1.